The highest BCUT2D eigenvalue weighted by Crippen LogP contribution is 2.29. The summed E-state index contributed by atoms with van der Waals surface area (Å²) < 4.78 is 0. The number of nitriles is 1. The summed E-state index contributed by atoms with van der Waals surface area (Å²) in [6, 6.07) is 6.13. The number of carbonyl (C=O) groups is 1. The third-order valence-corrected chi connectivity index (χ3v) is 3.69. The highest BCUT2D eigenvalue weighted by atomic mass is 16.4. The van der Waals surface area contributed by atoms with Crippen LogP contribution in [0.3, 0.4) is 0 Å². The van der Waals surface area contributed by atoms with Gasteiger partial charge in [0.1, 0.15) is 0 Å². The molecule has 4 nitrogen and oxygen atoms in total. The third kappa shape index (κ3) is 2.22. The van der Waals surface area contributed by atoms with Crippen molar-refractivity contribution in [3.8, 4) is 6.07 Å². The highest BCUT2D eigenvalue weighted by Gasteiger charge is 2.30. The number of rotatable bonds is 2. The van der Waals surface area contributed by atoms with Gasteiger partial charge in [0.15, 0.2) is 0 Å². The van der Waals surface area contributed by atoms with Crippen molar-refractivity contribution in [2.45, 2.75) is 26.3 Å². The summed E-state index contributed by atoms with van der Waals surface area (Å²) in [7, 11) is 0. The minimum atomic E-state index is -0.755. The zero-order valence-electron chi connectivity index (χ0n) is 10.5. The number of nitrogens with zero attached hydrogens (tertiary/aromatic N) is 1. The van der Waals surface area contributed by atoms with Crippen LogP contribution in [0.25, 0.3) is 0 Å². The molecule has 1 fully saturated rings. The molecule has 1 heterocycles. The summed E-state index contributed by atoms with van der Waals surface area (Å²) in [5.74, 6) is -1.09. The molecule has 0 radical (unpaired) electrons. The molecule has 1 saturated heterocycles. The van der Waals surface area contributed by atoms with Crippen LogP contribution in [0.2, 0.25) is 0 Å². The predicted octanol–water partition coefficient (Wildman–Crippen LogP) is 1.91. The first-order chi connectivity index (χ1) is 8.52. The summed E-state index contributed by atoms with van der Waals surface area (Å²) in [6.07, 6.45) is 0.586. The van der Waals surface area contributed by atoms with E-state index < -0.39 is 5.97 Å². The maximum Gasteiger partial charge on any atom is 0.307 e. The number of hydrogen-bond acceptors (Lipinski definition) is 3. The zero-order valence-corrected chi connectivity index (χ0v) is 10.5. The molecule has 1 aromatic rings. The number of hydrogen-bond donors (Lipinski definition) is 2. The number of nitrogens with one attached hydrogen (secondary N) is 1. The lowest BCUT2D eigenvalue weighted by Gasteiger charge is -2.14. The first-order valence-corrected chi connectivity index (χ1v) is 6.00. The van der Waals surface area contributed by atoms with Gasteiger partial charge in [-0.05, 0) is 43.0 Å². The van der Waals surface area contributed by atoms with Crippen LogP contribution in [0.5, 0.6) is 0 Å². The fourth-order valence-electron chi connectivity index (χ4n) is 2.38. The molecule has 0 amide bonds. The molecule has 1 aromatic carbocycles. The van der Waals surface area contributed by atoms with Crippen molar-refractivity contribution in [2.24, 2.45) is 5.92 Å². The summed E-state index contributed by atoms with van der Waals surface area (Å²) >= 11 is 0. The first-order valence-electron chi connectivity index (χ1n) is 6.00. The predicted molar refractivity (Wildman–Crippen MR) is 67.1 cm³/mol. The fraction of sp³-hybridized carbons (Fsp3) is 0.429. The zero-order chi connectivity index (χ0) is 13.3. The Morgan fingerprint density at radius 1 is 1.50 bits per heavy atom. The number of benzene rings is 1. The summed E-state index contributed by atoms with van der Waals surface area (Å²) in [5, 5.41) is 21.3. The minimum absolute atomic E-state index is 0.0394. The molecular weight excluding hydrogens is 228 g/mol. The van der Waals surface area contributed by atoms with Gasteiger partial charge in [-0.1, -0.05) is 6.07 Å². The molecule has 1 aliphatic rings. The van der Waals surface area contributed by atoms with E-state index in [9.17, 15) is 4.79 Å². The van der Waals surface area contributed by atoms with Gasteiger partial charge in [-0.25, -0.2) is 0 Å². The van der Waals surface area contributed by atoms with Crippen molar-refractivity contribution in [1.29, 1.82) is 5.26 Å². The normalized spacial score (nSPS) is 22.7. The molecule has 0 saturated carbocycles. The van der Waals surface area contributed by atoms with E-state index in [0.717, 1.165) is 16.7 Å². The second kappa shape index (κ2) is 4.79. The molecule has 94 valence electrons. The van der Waals surface area contributed by atoms with Gasteiger partial charge in [0.2, 0.25) is 0 Å². The third-order valence-electron chi connectivity index (χ3n) is 3.69. The van der Waals surface area contributed by atoms with Crippen LogP contribution in [0.1, 0.15) is 34.7 Å². The van der Waals surface area contributed by atoms with E-state index in [4.69, 9.17) is 10.4 Å². The van der Waals surface area contributed by atoms with Crippen LogP contribution in [0, 0.1) is 31.1 Å². The average Bonchev–Trinajstić information content (AvgIpc) is 2.82. The minimum Gasteiger partial charge on any atom is -0.481 e. The second-order valence-electron chi connectivity index (χ2n) is 4.85. The van der Waals surface area contributed by atoms with E-state index in [-0.39, 0.29) is 12.0 Å². The molecule has 1 aliphatic heterocycles. The Morgan fingerprint density at radius 3 is 2.78 bits per heavy atom. The van der Waals surface area contributed by atoms with E-state index >= 15 is 0 Å². The molecule has 2 atom stereocenters. The standard InChI is InChI=1S/C14H16N2O2/c1-8-3-10(4-11(6-15)9(8)2)13-5-12(7-16-13)14(17)18/h3-4,12-13,16H,5,7H2,1-2H3,(H,17,18). The SMILES string of the molecule is Cc1cc(C2CC(C(=O)O)CN2)cc(C#N)c1C. The Labute approximate surface area is 106 Å². The van der Waals surface area contributed by atoms with Crippen LogP contribution in [0.4, 0.5) is 0 Å². The van der Waals surface area contributed by atoms with Gasteiger partial charge in [0.05, 0.1) is 17.6 Å². The van der Waals surface area contributed by atoms with Crippen LogP contribution in [0.15, 0.2) is 12.1 Å². The molecule has 18 heavy (non-hydrogen) atoms. The van der Waals surface area contributed by atoms with Gasteiger partial charge in [0.25, 0.3) is 0 Å². The van der Waals surface area contributed by atoms with Crippen molar-refractivity contribution < 1.29 is 9.90 Å². The van der Waals surface area contributed by atoms with E-state index in [0.29, 0.717) is 18.5 Å². The second-order valence-corrected chi connectivity index (χ2v) is 4.85. The van der Waals surface area contributed by atoms with Crippen molar-refractivity contribution in [3.63, 3.8) is 0 Å². The van der Waals surface area contributed by atoms with Crippen molar-refractivity contribution >= 4 is 5.97 Å². The van der Waals surface area contributed by atoms with Gasteiger partial charge >= 0.3 is 5.97 Å². The quantitative estimate of drug-likeness (QED) is 0.833. The molecule has 0 aromatic heterocycles. The van der Waals surface area contributed by atoms with Gasteiger partial charge < -0.3 is 10.4 Å². The summed E-state index contributed by atoms with van der Waals surface area (Å²) in [5.41, 5.74) is 3.75. The molecule has 0 aliphatic carbocycles. The monoisotopic (exact) mass is 244 g/mol. The molecular formula is C14H16N2O2. The van der Waals surface area contributed by atoms with Crippen LogP contribution in [-0.4, -0.2) is 17.6 Å². The van der Waals surface area contributed by atoms with Crippen LogP contribution in [-0.2, 0) is 4.79 Å². The average molecular weight is 244 g/mol. The Morgan fingerprint density at radius 2 is 2.22 bits per heavy atom. The largest absolute Gasteiger partial charge is 0.481 e. The van der Waals surface area contributed by atoms with E-state index in [1.54, 1.807) is 0 Å². The van der Waals surface area contributed by atoms with Gasteiger partial charge in [0, 0.05) is 12.6 Å². The number of aryl methyl sites for hydroxylation is 1. The highest BCUT2D eigenvalue weighted by molar-refractivity contribution is 5.70. The Balaban J connectivity index is 2.28. The lowest BCUT2D eigenvalue weighted by atomic mass is 9.94. The van der Waals surface area contributed by atoms with Crippen molar-refractivity contribution in [3.05, 3.63) is 34.4 Å². The van der Waals surface area contributed by atoms with Crippen molar-refractivity contribution in [1.82, 2.24) is 5.32 Å². The van der Waals surface area contributed by atoms with E-state index in [2.05, 4.69) is 11.4 Å². The van der Waals surface area contributed by atoms with E-state index in [1.807, 2.05) is 26.0 Å². The number of carboxylic acids is 1. The van der Waals surface area contributed by atoms with Crippen LogP contribution < -0.4 is 5.32 Å². The lowest BCUT2D eigenvalue weighted by molar-refractivity contribution is -0.141. The Bertz CT molecular complexity index is 531. The maximum atomic E-state index is 10.9. The summed E-state index contributed by atoms with van der Waals surface area (Å²) in [4.78, 5) is 10.9. The smallest absolute Gasteiger partial charge is 0.307 e. The van der Waals surface area contributed by atoms with E-state index in [1.165, 1.54) is 0 Å². The van der Waals surface area contributed by atoms with Gasteiger partial charge in [-0.2, -0.15) is 5.26 Å². The topological polar surface area (TPSA) is 73.1 Å². The maximum absolute atomic E-state index is 10.9. The van der Waals surface area contributed by atoms with Crippen LogP contribution >= 0.6 is 0 Å². The summed E-state index contributed by atoms with van der Waals surface area (Å²) in [6.45, 7) is 4.40. The first kappa shape index (κ1) is 12.6. The van der Waals surface area contributed by atoms with Crippen molar-refractivity contribution in [2.75, 3.05) is 6.54 Å². The Kier molecular flexibility index (Phi) is 3.35. The number of carboxylic acid groups (broad SMARTS) is 1. The molecule has 2 unspecified atom stereocenters. The molecule has 0 bridgehead atoms. The Hall–Kier alpha value is -1.86. The number of aliphatic carboxylic acids is 1. The molecule has 4 heteroatoms. The molecule has 2 N–H and O–H groups in total. The van der Waals surface area contributed by atoms with Gasteiger partial charge in [-0.15, -0.1) is 0 Å². The lowest BCUT2D eigenvalue weighted by Crippen LogP contribution is -2.17. The molecule has 2 rings (SSSR count). The fourth-order valence-corrected chi connectivity index (χ4v) is 2.38. The van der Waals surface area contributed by atoms with Gasteiger partial charge in [-0.3, -0.25) is 4.79 Å². The molecule has 0 spiro atoms.